The maximum atomic E-state index is 12.4. The van der Waals surface area contributed by atoms with Crippen molar-refractivity contribution in [3.63, 3.8) is 0 Å². The third kappa shape index (κ3) is 2.93. The first-order chi connectivity index (χ1) is 13.7. The maximum Gasteiger partial charge on any atom is 0.395 e. The van der Waals surface area contributed by atoms with Crippen LogP contribution in [0.1, 0.15) is 15.9 Å². The molecule has 2 aromatic carbocycles. The highest BCUT2D eigenvalue weighted by Crippen LogP contribution is 2.22. The van der Waals surface area contributed by atoms with Crippen molar-refractivity contribution in [2.45, 2.75) is 6.17 Å². The summed E-state index contributed by atoms with van der Waals surface area (Å²) in [6.07, 6.45) is 0.147. The largest absolute Gasteiger partial charge is 0.395 e. The molecule has 0 bridgehead atoms. The zero-order valence-electron chi connectivity index (χ0n) is 14.3. The molecule has 0 N–H and O–H groups in total. The van der Waals surface area contributed by atoms with Crippen LogP contribution in [0.4, 0.5) is 5.69 Å². The molecule has 0 saturated carbocycles. The lowest BCUT2D eigenvalue weighted by Gasteiger charge is -2.01. The van der Waals surface area contributed by atoms with Gasteiger partial charge in [-0.05, 0) is 18.2 Å². The Bertz CT molecular complexity index is 1310. The molecule has 2 heterocycles. The van der Waals surface area contributed by atoms with Gasteiger partial charge in [0.1, 0.15) is 17.1 Å². The molecule has 4 rings (SSSR count). The van der Waals surface area contributed by atoms with Gasteiger partial charge >= 0.3 is 6.17 Å². The second kappa shape index (κ2) is 7.02. The fraction of sp³-hybridized carbons (Fsp3) is 0.0526. The molecule has 9 heteroatoms. The Morgan fingerprint density at radius 2 is 2.04 bits per heavy atom. The van der Waals surface area contributed by atoms with E-state index in [9.17, 15) is 4.79 Å². The summed E-state index contributed by atoms with van der Waals surface area (Å²) < 4.78 is 1.49. The summed E-state index contributed by atoms with van der Waals surface area (Å²) in [6, 6.07) is 15.5. The van der Waals surface area contributed by atoms with E-state index in [0.29, 0.717) is 33.5 Å². The second-order valence-corrected chi connectivity index (χ2v) is 5.73. The van der Waals surface area contributed by atoms with E-state index in [2.05, 4.69) is 30.4 Å². The molecule has 0 amide bonds. The summed E-state index contributed by atoms with van der Waals surface area (Å²) in [5.74, 6) is -0.417. The van der Waals surface area contributed by atoms with E-state index >= 15 is 0 Å². The number of aromatic nitrogens is 4. The highest BCUT2D eigenvalue weighted by Gasteiger charge is 2.24. The van der Waals surface area contributed by atoms with Crippen LogP contribution in [-0.4, -0.2) is 31.8 Å². The van der Waals surface area contributed by atoms with Gasteiger partial charge in [-0.25, -0.2) is 11.1 Å². The second-order valence-electron chi connectivity index (χ2n) is 5.73. The fourth-order valence-electron chi connectivity index (χ4n) is 2.63. The number of fused-ring (bicyclic) bond motifs is 3. The topological polar surface area (TPSA) is 113 Å². The standard InChI is InChI=1S/C19H10N8O/c1-21-18(17(28)12-5-3-2-4-6-12)25-23-14-7-8-15-16(9-14)27-19(26-24-15)13(10-20)11-22-27/h2-9,11,18H. The minimum Gasteiger partial charge on any atom is -0.283 e. The Hall–Kier alpha value is -4.50. The van der Waals surface area contributed by atoms with Crippen molar-refractivity contribution in [3.05, 3.63) is 77.3 Å². The van der Waals surface area contributed by atoms with Gasteiger partial charge < -0.3 is 0 Å². The highest BCUT2D eigenvalue weighted by atomic mass is 16.1. The molecule has 0 spiro atoms. The van der Waals surface area contributed by atoms with Crippen molar-refractivity contribution < 1.29 is 4.79 Å². The van der Waals surface area contributed by atoms with Crippen LogP contribution in [0.15, 0.2) is 65.0 Å². The highest BCUT2D eigenvalue weighted by molar-refractivity contribution is 6.00. The minimum absolute atomic E-state index is 0.308. The molecule has 0 saturated heterocycles. The van der Waals surface area contributed by atoms with Gasteiger partial charge in [0.25, 0.3) is 5.78 Å². The summed E-state index contributed by atoms with van der Waals surface area (Å²) in [6.45, 7) is 7.26. The van der Waals surface area contributed by atoms with Crippen molar-refractivity contribution in [1.82, 2.24) is 19.8 Å². The van der Waals surface area contributed by atoms with E-state index < -0.39 is 11.9 Å². The zero-order chi connectivity index (χ0) is 19.5. The fourth-order valence-corrected chi connectivity index (χ4v) is 2.63. The lowest BCUT2D eigenvalue weighted by Crippen LogP contribution is -2.13. The molecular formula is C19H10N8O. The van der Waals surface area contributed by atoms with E-state index in [0.717, 1.165) is 0 Å². The lowest BCUT2D eigenvalue weighted by atomic mass is 10.1. The first kappa shape index (κ1) is 16.9. The van der Waals surface area contributed by atoms with Gasteiger partial charge in [0.15, 0.2) is 5.65 Å². The van der Waals surface area contributed by atoms with Crippen LogP contribution < -0.4 is 0 Å². The van der Waals surface area contributed by atoms with Crippen LogP contribution in [0.25, 0.3) is 21.5 Å². The predicted molar refractivity (Wildman–Crippen MR) is 98.7 cm³/mol. The SMILES string of the molecule is [C-]#[N+]C(N=Nc1ccc2nnc3c(C#N)cnn3c2c1)C(=O)c1ccccc1. The zero-order valence-corrected chi connectivity index (χ0v) is 14.3. The molecule has 1 atom stereocenters. The Labute approximate surface area is 158 Å². The number of hydrogen-bond acceptors (Lipinski definition) is 7. The predicted octanol–water partition coefficient (Wildman–Crippen LogP) is 3.36. The van der Waals surface area contributed by atoms with Crippen molar-refractivity contribution >= 4 is 28.2 Å². The normalized spacial score (nSPS) is 12.1. The molecule has 0 radical (unpaired) electrons. The Balaban J connectivity index is 1.70. The van der Waals surface area contributed by atoms with Gasteiger partial charge in [-0.1, -0.05) is 35.4 Å². The van der Waals surface area contributed by atoms with Gasteiger partial charge in [-0.3, -0.25) is 9.64 Å². The van der Waals surface area contributed by atoms with Crippen LogP contribution in [-0.2, 0) is 0 Å². The number of nitriles is 1. The minimum atomic E-state index is -1.26. The van der Waals surface area contributed by atoms with Gasteiger partial charge in [-0.2, -0.15) is 10.4 Å². The molecular weight excluding hydrogens is 356 g/mol. The Kier molecular flexibility index (Phi) is 4.25. The number of hydrogen-bond donors (Lipinski definition) is 0. The molecule has 28 heavy (non-hydrogen) atoms. The summed E-state index contributed by atoms with van der Waals surface area (Å²) in [4.78, 5) is 15.7. The van der Waals surface area contributed by atoms with Crippen LogP contribution in [0.5, 0.6) is 0 Å². The summed E-state index contributed by atoms with van der Waals surface area (Å²) in [7, 11) is 0. The average molecular weight is 366 g/mol. The molecule has 2 aromatic heterocycles. The summed E-state index contributed by atoms with van der Waals surface area (Å²) >= 11 is 0. The van der Waals surface area contributed by atoms with Crippen molar-refractivity contribution in [2.24, 2.45) is 10.2 Å². The van der Waals surface area contributed by atoms with Crippen LogP contribution in [0.2, 0.25) is 0 Å². The average Bonchev–Trinajstić information content (AvgIpc) is 3.18. The molecule has 132 valence electrons. The number of ketones is 1. The van der Waals surface area contributed by atoms with Gasteiger partial charge in [0.2, 0.25) is 0 Å². The smallest absolute Gasteiger partial charge is 0.283 e. The maximum absolute atomic E-state index is 12.4. The number of carbonyl (C=O) groups excluding carboxylic acids is 1. The first-order valence-electron chi connectivity index (χ1n) is 8.12. The Morgan fingerprint density at radius 1 is 1.21 bits per heavy atom. The number of benzene rings is 2. The first-order valence-corrected chi connectivity index (χ1v) is 8.12. The number of nitrogens with zero attached hydrogens (tertiary/aromatic N) is 8. The van der Waals surface area contributed by atoms with Crippen molar-refractivity contribution in [3.8, 4) is 6.07 Å². The van der Waals surface area contributed by atoms with Gasteiger partial charge in [0.05, 0.1) is 17.4 Å². The third-order valence-electron chi connectivity index (χ3n) is 4.00. The molecule has 0 fully saturated rings. The molecule has 0 aliphatic carbocycles. The van der Waals surface area contributed by atoms with Crippen LogP contribution >= 0.6 is 0 Å². The van der Waals surface area contributed by atoms with Crippen LogP contribution in [0, 0.1) is 17.9 Å². The summed E-state index contributed by atoms with van der Waals surface area (Å²) in [5, 5.41) is 29.3. The van der Waals surface area contributed by atoms with Gasteiger partial charge in [-0.15, -0.1) is 15.3 Å². The third-order valence-corrected chi connectivity index (χ3v) is 4.00. The van der Waals surface area contributed by atoms with E-state index in [1.165, 1.54) is 10.7 Å². The molecule has 0 aliphatic rings. The van der Waals surface area contributed by atoms with Crippen molar-refractivity contribution in [2.75, 3.05) is 0 Å². The molecule has 0 aliphatic heterocycles. The monoisotopic (exact) mass is 366 g/mol. The lowest BCUT2D eigenvalue weighted by molar-refractivity contribution is 0.0976. The van der Waals surface area contributed by atoms with E-state index in [-0.39, 0.29) is 0 Å². The number of carbonyl (C=O) groups is 1. The van der Waals surface area contributed by atoms with Crippen molar-refractivity contribution in [1.29, 1.82) is 5.26 Å². The molecule has 9 nitrogen and oxygen atoms in total. The number of Topliss-reactive ketones (excluding diaryl/α,β-unsaturated/α-hetero) is 1. The molecule has 4 aromatic rings. The summed E-state index contributed by atoms with van der Waals surface area (Å²) in [5.41, 5.74) is 2.60. The Morgan fingerprint density at radius 3 is 2.79 bits per heavy atom. The quantitative estimate of drug-likeness (QED) is 0.312. The van der Waals surface area contributed by atoms with E-state index in [1.807, 2.05) is 6.07 Å². The number of azo groups is 1. The van der Waals surface area contributed by atoms with Gasteiger partial charge in [0, 0.05) is 5.56 Å². The van der Waals surface area contributed by atoms with E-state index in [4.69, 9.17) is 11.8 Å². The van der Waals surface area contributed by atoms with E-state index in [1.54, 1.807) is 48.5 Å². The molecule has 1 unspecified atom stereocenters. The van der Waals surface area contributed by atoms with Crippen LogP contribution in [0.3, 0.4) is 0 Å². The number of rotatable bonds is 4.